The Morgan fingerprint density at radius 2 is 2.06 bits per heavy atom. The molecule has 0 saturated carbocycles. The van der Waals surface area contributed by atoms with Gasteiger partial charge in [-0.05, 0) is 36.7 Å². The molecule has 0 radical (unpaired) electrons. The van der Waals surface area contributed by atoms with E-state index in [4.69, 9.17) is 10.5 Å². The first-order valence-electron chi connectivity index (χ1n) is 5.62. The molecule has 1 fully saturated rings. The number of benzene rings is 1. The van der Waals surface area contributed by atoms with Gasteiger partial charge >= 0.3 is 0 Å². The molecule has 16 heavy (non-hydrogen) atoms. The van der Waals surface area contributed by atoms with E-state index in [1.54, 1.807) is 0 Å². The van der Waals surface area contributed by atoms with Crippen LogP contribution in [0.25, 0.3) is 0 Å². The van der Waals surface area contributed by atoms with Crippen molar-refractivity contribution in [2.75, 3.05) is 37.7 Å². The first kappa shape index (κ1) is 11.9. The highest BCUT2D eigenvalue weighted by Gasteiger charge is 2.14. The molecule has 0 atom stereocenters. The summed E-state index contributed by atoms with van der Waals surface area (Å²) in [6, 6.07) is 6.42. The Kier molecular flexibility index (Phi) is 4.21. The van der Waals surface area contributed by atoms with Gasteiger partial charge < -0.3 is 15.4 Å². The zero-order valence-corrected chi connectivity index (χ0v) is 10.9. The van der Waals surface area contributed by atoms with Gasteiger partial charge in [0.2, 0.25) is 0 Å². The maximum absolute atomic E-state index is 5.65. The average Bonchev–Trinajstić information content (AvgIpc) is 2.31. The van der Waals surface area contributed by atoms with Crippen molar-refractivity contribution in [2.45, 2.75) is 6.42 Å². The van der Waals surface area contributed by atoms with E-state index in [1.165, 1.54) is 11.3 Å². The molecule has 1 saturated heterocycles. The minimum Gasteiger partial charge on any atom is -0.378 e. The second kappa shape index (κ2) is 5.66. The highest BCUT2D eigenvalue weighted by molar-refractivity contribution is 9.10. The number of morpholine rings is 1. The van der Waals surface area contributed by atoms with Crippen LogP contribution in [0.15, 0.2) is 22.7 Å². The zero-order valence-electron chi connectivity index (χ0n) is 9.29. The van der Waals surface area contributed by atoms with E-state index in [9.17, 15) is 0 Å². The number of ether oxygens (including phenoxy) is 1. The predicted molar refractivity (Wildman–Crippen MR) is 69.9 cm³/mol. The highest BCUT2D eigenvalue weighted by atomic mass is 79.9. The Morgan fingerprint density at radius 3 is 2.75 bits per heavy atom. The van der Waals surface area contributed by atoms with Gasteiger partial charge in [0.15, 0.2) is 0 Å². The minimum absolute atomic E-state index is 0.688. The predicted octanol–water partition coefficient (Wildman–Crippen LogP) is 1.79. The molecule has 0 bridgehead atoms. The second-order valence-electron chi connectivity index (χ2n) is 3.91. The van der Waals surface area contributed by atoms with Crippen molar-refractivity contribution in [3.05, 3.63) is 28.2 Å². The van der Waals surface area contributed by atoms with E-state index in [-0.39, 0.29) is 0 Å². The number of anilines is 1. The van der Waals surface area contributed by atoms with Crippen LogP contribution in [-0.2, 0) is 11.2 Å². The van der Waals surface area contributed by atoms with Crippen LogP contribution in [0.1, 0.15) is 5.56 Å². The maximum atomic E-state index is 5.65. The Hall–Kier alpha value is -0.580. The van der Waals surface area contributed by atoms with Crippen LogP contribution in [-0.4, -0.2) is 32.8 Å². The van der Waals surface area contributed by atoms with Crippen LogP contribution in [0, 0.1) is 0 Å². The van der Waals surface area contributed by atoms with Crippen LogP contribution in [0.2, 0.25) is 0 Å². The second-order valence-corrected chi connectivity index (χ2v) is 4.83. The summed E-state index contributed by atoms with van der Waals surface area (Å²) in [5, 5.41) is 0. The number of rotatable bonds is 3. The van der Waals surface area contributed by atoms with Gasteiger partial charge in [0, 0.05) is 23.2 Å². The third-order valence-corrected chi connectivity index (χ3v) is 3.30. The van der Waals surface area contributed by atoms with E-state index in [0.717, 1.165) is 37.2 Å². The molecule has 2 N–H and O–H groups in total. The monoisotopic (exact) mass is 284 g/mol. The summed E-state index contributed by atoms with van der Waals surface area (Å²) in [5.41, 5.74) is 8.27. The van der Waals surface area contributed by atoms with Gasteiger partial charge in [-0.3, -0.25) is 0 Å². The third-order valence-electron chi connectivity index (χ3n) is 2.81. The summed E-state index contributed by atoms with van der Waals surface area (Å²) in [5.74, 6) is 0. The average molecular weight is 285 g/mol. The molecular formula is C12H17BrN2O. The lowest BCUT2D eigenvalue weighted by Gasteiger charge is -2.30. The SMILES string of the molecule is NCCc1cc(Br)ccc1N1CCOCC1. The highest BCUT2D eigenvalue weighted by Crippen LogP contribution is 2.25. The maximum Gasteiger partial charge on any atom is 0.0642 e. The van der Waals surface area contributed by atoms with Crippen LogP contribution < -0.4 is 10.6 Å². The van der Waals surface area contributed by atoms with Gasteiger partial charge in [-0.25, -0.2) is 0 Å². The molecular weight excluding hydrogens is 268 g/mol. The van der Waals surface area contributed by atoms with Crippen molar-refractivity contribution >= 4 is 21.6 Å². The Labute approximate surface area is 105 Å². The van der Waals surface area contributed by atoms with E-state index in [1.807, 2.05) is 0 Å². The van der Waals surface area contributed by atoms with Crippen molar-refractivity contribution < 1.29 is 4.74 Å². The smallest absolute Gasteiger partial charge is 0.0642 e. The van der Waals surface area contributed by atoms with Crippen molar-refractivity contribution in [1.82, 2.24) is 0 Å². The standard InChI is InChI=1S/C12H17BrN2O/c13-11-1-2-12(10(9-11)3-4-14)15-5-7-16-8-6-15/h1-2,9H,3-8,14H2. The van der Waals surface area contributed by atoms with Gasteiger partial charge in [0.1, 0.15) is 0 Å². The fourth-order valence-electron chi connectivity index (χ4n) is 2.02. The van der Waals surface area contributed by atoms with Crippen LogP contribution in [0.4, 0.5) is 5.69 Å². The fraction of sp³-hybridized carbons (Fsp3) is 0.500. The lowest BCUT2D eigenvalue weighted by molar-refractivity contribution is 0.122. The lowest BCUT2D eigenvalue weighted by atomic mass is 10.1. The fourth-order valence-corrected chi connectivity index (χ4v) is 2.43. The Balaban J connectivity index is 2.23. The third kappa shape index (κ3) is 2.75. The molecule has 1 aromatic carbocycles. The molecule has 3 nitrogen and oxygen atoms in total. The molecule has 1 aliphatic rings. The summed E-state index contributed by atoms with van der Waals surface area (Å²) in [7, 11) is 0. The summed E-state index contributed by atoms with van der Waals surface area (Å²) >= 11 is 3.51. The molecule has 0 spiro atoms. The molecule has 1 aromatic rings. The molecule has 2 rings (SSSR count). The summed E-state index contributed by atoms with van der Waals surface area (Å²) in [4.78, 5) is 2.38. The van der Waals surface area contributed by atoms with Crippen LogP contribution >= 0.6 is 15.9 Å². The molecule has 0 aliphatic carbocycles. The quantitative estimate of drug-likeness (QED) is 0.920. The van der Waals surface area contributed by atoms with Gasteiger partial charge in [0.05, 0.1) is 13.2 Å². The molecule has 1 heterocycles. The van der Waals surface area contributed by atoms with Crippen LogP contribution in [0.3, 0.4) is 0 Å². The van der Waals surface area contributed by atoms with Crippen molar-refractivity contribution in [1.29, 1.82) is 0 Å². The molecule has 4 heteroatoms. The number of nitrogens with two attached hydrogens (primary N) is 1. The first-order chi connectivity index (χ1) is 7.81. The zero-order chi connectivity index (χ0) is 11.4. The van der Waals surface area contributed by atoms with Crippen LogP contribution in [0.5, 0.6) is 0 Å². The molecule has 0 aromatic heterocycles. The van der Waals surface area contributed by atoms with Crippen molar-refractivity contribution in [3.8, 4) is 0 Å². The number of halogens is 1. The summed E-state index contributed by atoms with van der Waals surface area (Å²) in [6.07, 6.45) is 0.923. The Morgan fingerprint density at radius 1 is 1.31 bits per heavy atom. The first-order valence-corrected chi connectivity index (χ1v) is 6.42. The van der Waals surface area contributed by atoms with E-state index in [2.05, 4.69) is 39.0 Å². The summed E-state index contributed by atoms with van der Waals surface area (Å²) < 4.78 is 6.49. The molecule has 0 unspecified atom stereocenters. The topological polar surface area (TPSA) is 38.5 Å². The van der Waals surface area contributed by atoms with E-state index >= 15 is 0 Å². The van der Waals surface area contributed by atoms with E-state index < -0.39 is 0 Å². The molecule has 1 aliphatic heterocycles. The summed E-state index contributed by atoms with van der Waals surface area (Å²) in [6.45, 7) is 4.27. The number of nitrogens with zero attached hydrogens (tertiary/aromatic N) is 1. The lowest BCUT2D eigenvalue weighted by Crippen LogP contribution is -2.36. The van der Waals surface area contributed by atoms with Gasteiger partial charge in [-0.15, -0.1) is 0 Å². The normalized spacial score (nSPS) is 16.5. The van der Waals surface area contributed by atoms with Gasteiger partial charge in [-0.1, -0.05) is 15.9 Å². The molecule has 0 amide bonds. The van der Waals surface area contributed by atoms with Gasteiger partial charge in [-0.2, -0.15) is 0 Å². The number of hydrogen-bond acceptors (Lipinski definition) is 3. The van der Waals surface area contributed by atoms with Gasteiger partial charge in [0.25, 0.3) is 0 Å². The minimum atomic E-state index is 0.688. The van der Waals surface area contributed by atoms with Crippen molar-refractivity contribution in [2.24, 2.45) is 5.73 Å². The van der Waals surface area contributed by atoms with E-state index in [0.29, 0.717) is 6.54 Å². The van der Waals surface area contributed by atoms with Crippen molar-refractivity contribution in [3.63, 3.8) is 0 Å². The largest absolute Gasteiger partial charge is 0.378 e. The Bertz CT molecular complexity index is 351. The molecule has 88 valence electrons. The number of hydrogen-bond donors (Lipinski definition) is 1.